The predicted octanol–water partition coefficient (Wildman–Crippen LogP) is 9.13. The fourth-order valence-corrected chi connectivity index (χ4v) is 6.11. The largest absolute Gasteiger partial charge is 0.309 e. The lowest BCUT2D eigenvalue weighted by Crippen LogP contribution is -2.00. The maximum absolute atomic E-state index is 13.1. The topological polar surface area (TPSA) is 22.0 Å². The zero-order valence-electron chi connectivity index (χ0n) is 20.3. The summed E-state index contributed by atoms with van der Waals surface area (Å²) in [5.74, 6) is 0. The first-order chi connectivity index (χ1) is 18.1. The molecule has 37 heavy (non-hydrogen) atoms. The molecule has 0 fully saturated rings. The van der Waals surface area contributed by atoms with Gasteiger partial charge in [-0.05, 0) is 64.4 Å². The van der Waals surface area contributed by atoms with Gasteiger partial charge in [-0.1, -0.05) is 101 Å². The lowest BCUT2D eigenvalue weighted by molar-refractivity contribution is 0.687. The molecule has 4 heteroatoms. The molecule has 0 amide bonds. The molecule has 0 aliphatic heterocycles. The average Bonchev–Trinajstić information content (AvgIpc) is 3.34. The van der Waals surface area contributed by atoms with Crippen molar-refractivity contribution in [2.24, 2.45) is 0 Å². The van der Waals surface area contributed by atoms with Crippen LogP contribution >= 0.6 is 15.9 Å². The molecule has 1 aromatic heterocycles. The SMILES string of the molecule is CS(=O)c1cc2ccc(Br)cc2cc1-c1cc(-c2ccccc2)n(-c2ccccc2)c1-c1ccccc1. The minimum Gasteiger partial charge on any atom is -0.309 e. The van der Waals surface area contributed by atoms with Gasteiger partial charge in [-0.3, -0.25) is 4.21 Å². The normalized spacial score (nSPS) is 12.1. The van der Waals surface area contributed by atoms with E-state index in [-0.39, 0.29) is 0 Å². The minimum atomic E-state index is -1.17. The Labute approximate surface area is 227 Å². The van der Waals surface area contributed by atoms with E-state index < -0.39 is 10.8 Å². The Kier molecular flexibility index (Phi) is 6.37. The van der Waals surface area contributed by atoms with Crippen molar-refractivity contribution in [1.82, 2.24) is 4.57 Å². The Balaban J connectivity index is 1.77. The Hall–Kier alpha value is -3.73. The van der Waals surface area contributed by atoms with Crippen LogP contribution in [-0.2, 0) is 10.8 Å². The van der Waals surface area contributed by atoms with Crippen LogP contribution in [-0.4, -0.2) is 15.0 Å². The van der Waals surface area contributed by atoms with Gasteiger partial charge < -0.3 is 4.57 Å². The maximum atomic E-state index is 13.1. The second-order valence-electron chi connectivity index (χ2n) is 8.99. The molecule has 0 saturated carbocycles. The van der Waals surface area contributed by atoms with E-state index in [9.17, 15) is 4.21 Å². The van der Waals surface area contributed by atoms with Crippen LogP contribution in [0.5, 0.6) is 0 Å². The Morgan fingerprint density at radius 1 is 0.622 bits per heavy atom. The molecule has 0 N–H and O–H groups in total. The van der Waals surface area contributed by atoms with Gasteiger partial charge in [0.15, 0.2) is 0 Å². The van der Waals surface area contributed by atoms with Gasteiger partial charge in [0.05, 0.1) is 22.2 Å². The van der Waals surface area contributed by atoms with Crippen molar-refractivity contribution in [3.05, 3.63) is 132 Å². The summed E-state index contributed by atoms with van der Waals surface area (Å²) in [6.45, 7) is 0. The van der Waals surface area contributed by atoms with Crippen molar-refractivity contribution in [2.45, 2.75) is 4.90 Å². The number of aromatic nitrogens is 1. The van der Waals surface area contributed by atoms with Crippen molar-refractivity contribution in [2.75, 3.05) is 6.26 Å². The van der Waals surface area contributed by atoms with Crippen LogP contribution in [0.4, 0.5) is 0 Å². The third kappa shape index (κ3) is 4.48. The molecule has 0 spiro atoms. The predicted molar refractivity (Wildman–Crippen MR) is 160 cm³/mol. The van der Waals surface area contributed by atoms with E-state index in [1.165, 1.54) is 0 Å². The molecule has 6 rings (SSSR count). The maximum Gasteiger partial charge on any atom is 0.0613 e. The molecule has 0 bridgehead atoms. The van der Waals surface area contributed by atoms with Gasteiger partial charge in [-0.2, -0.15) is 0 Å². The van der Waals surface area contributed by atoms with E-state index in [1.807, 2.05) is 24.3 Å². The van der Waals surface area contributed by atoms with Crippen molar-refractivity contribution >= 4 is 37.5 Å². The van der Waals surface area contributed by atoms with Gasteiger partial charge in [0.1, 0.15) is 0 Å². The molecule has 180 valence electrons. The highest BCUT2D eigenvalue weighted by molar-refractivity contribution is 9.10. The van der Waals surface area contributed by atoms with E-state index in [1.54, 1.807) is 6.26 Å². The highest BCUT2D eigenvalue weighted by atomic mass is 79.9. The first kappa shape index (κ1) is 23.7. The molecule has 0 aliphatic rings. The second-order valence-corrected chi connectivity index (χ2v) is 11.3. The number of nitrogens with zero attached hydrogens (tertiary/aromatic N) is 1. The molecule has 0 aliphatic carbocycles. The van der Waals surface area contributed by atoms with Gasteiger partial charge in [0.25, 0.3) is 0 Å². The summed E-state index contributed by atoms with van der Waals surface area (Å²) < 4.78 is 16.5. The van der Waals surface area contributed by atoms with Crippen LogP contribution in [0.1, 0.15) is 0 Å². The lowest BCUT2D eigenvalue weighted by atomic mass is 9.98. The summed E-state index contributed by atoms with van der Waals surface area (Å²) >= 11 is 3.62. The van der Waals surface area contributed by atoms with E-state index in [4.69, 9.17) is 0 Å². The van der Waals surface area contributed by atoms with Crippen LogP contribution in [0.25, 0.3) is 50.1 Å². The fourth-order valence-electron chi connectivity index (χ4n) is 4.96. The number of rotatable bonds is 5. The number of hydrogen-bond acceptors (Lipinski definition) is 1. The lowest BCUT2D eigenvalue weighted by Gasteiger charge is -2.16. The van der Waals surface area contributed by atoms with Gasteiger partial charge >= 0.3 is 0 Å². The third-order valence-electron chi connectivity index (χ3n) is 6.63. The summed E-state index contributed by atoms with van der Waals surface area (Å²) in [5.41, 5.74) is 7.50. The summed E-state index contributed by atoms with van der Waals surface area (Å²) in [6.07, 6.45) is 1.76. The smallest absolute Gasteiger partial charge is 0.0613 e. The van der Waals surface area contributed by atoms with Gasteiger partial charge in [0, 0.05) is 32.4 Å². The minimum absolute atomic E-state index is 0.830. The number of benzene rings is 5. The first-order valence-electron chi connectivity index (χ1n) is 12.1. The standard InChI is InChI=1S/C33H24BrNOS/c1-37(36)32-21-25-17-18-27(34)19-26(25)20-29(32)30-22-31(23-11-5-2-6-12-23)35(28-15-9-4-10-16-28)33(30)24-13-7-3-8-14-24/h2-22H,1H3. The van der Waals surface area contributed by atoms with E-state index in [0.29, 0.717) is 0 Å². The number of hydrogen-bond donors (Lipinski definition) is 0. The summed E-state index contributed by atoms with van der Waals surface area (Å²) in [4.78, 5) is 0.830. The molecule has 2 nitrogen and oxygen atoms in total. The van der Waals surface area contributed by atoms with Gasteiger partial charge in [-0.25, -0.2) is 0 Å². The van der Waals surface area contributed by atoms with Crippen molar-refractivity contribution < 1.29 is 4.21 Å². The van der Waals surface area contributed by atoms with E-state index in [2.05, 4.69) is 124 Å². The zero-order valence-corrected chi connectivity index (χ0v) is 22.7. The average molecular weight is 563 g/mol. The van der Waals surface area contributed by atoms with E-state index in [0.717, 1.165) is 59.5 Å². The monoisotopic (exact) mass is 561 g/mol. The molecule has 1 unspecified atom stereocenters. The summed E-state index contributed by atoms with van der Waals surface area (Å²) in [7, 11) is -1.17. The van der Waals surface area contributed by atoms with Crippen LogP contribution in [0.15, 0.2) is 137 Å². The highest BCUT2D eigenvalue weighted by Gasteiger charge is 2.23. The third-order valence-corrected chi connectivity index (χ3v) is 8.08. The first-order valence-corrected chi connectivity index (χ1v) is 14.4. The molecule has 1 atom stereocenters. The quantitative estimate of drug-likeness (QED) is 0.205. The van der Waals surface area contributed by atoms with E-state index >= 15 is 0 Å². The number of halogens is 1. The zero-order chi connectivity index (χ0) is 25.4. The molecule has 0 saturated heterocycles. The molecule has 0 radical (unpaired) electrons. The van der Waals surface area contributed by atoms with Crippen molar-refractivity contribution in [3.63, 3.8) is 0 Å². The number of para-hydroxylation sites is 1. The molecular weight excluding hydrogens is 538 g/mol. The summed E-state index contributed by atoms with van der Waals surface area (Å²) in [6, 6.07) is 44.1. The van der Waals surface area contributed by atoms with Crippen LogP contribution in [0, 0.1) is 0 Å². The van der Waals surface area contributed by atoms with Crippen LogP contribution < -0.4 is 0 Å². The Morgan fingerprint density at radius 2 is 1.24 bits per heavy atom. The highest BCUT2D eigenvalue weighted by Crippen LogP contribution is 2.43. The molecular formula is C33H24BrNOS. The second kappa shape index (κ2) is 9.97. The molecule has 6 aromatic rings. The Bertz CT molecular complexity index is 1740. The van der Waals surface area contributed by atoms with Crippen LogP contribution in [0.2, 0.25) is 0 Å². The summed E-state index contributed by atoms with van der Waals surface area (Å²) in [5, 5.41) is 2.18. The van der Waals surface area contributed by atoms with Gasteiger partial charge in [-0.15, -0.1) is 0 Å². The van der Waals surface area contributed by atoms with Crippen LogP contribution in [0.3, 0.4) is 0 Å². The fraction of sp³-hybridized carbons (Fsp3) is 0.0303. The van der Waals surface area contributed by atoms with Crippen molar-refractivity contribution in [3.8, 4) is 39.3 Å². The van der Waals surface area contributed by atoms with Crippen molar-refractivity contribution in [1.29, 1.82) is 0 Å². The molecule has 5 aromatic carbocycles. The Morgan fingerprint density at radius 3 is 1.89 bits per heavy atom. The molecule has 1 heterocycles. The van der Waals surface area contributed by atoms with Gasteiger partial charge in [0.2, 0.25) is 0 Å². The number of fused-ring (bicyclic) bond motifs is 1.